The Labute approximate surface area is 113 Å². The molecular formula is C16H18FNO. The van der Waals surface area contributed by atoms with Crippen LogP contribution in [0.25, 0.3) is 0 Å². The van der Waals surface area contributed by atoms with Gasteiger partial charge < -0.3 is 10.5 Å². The van der Waals surface area contributed by atoms with Crippen LogP contribution < -0.4 is 10.5 Å². The van der Waals surface area contributed by atoms with E-state index in [-0.39, 0.29) is 17.6 Å². The van der Waals surface area contributed by atoms with E-state index in [9.17, 15) is 4.39 Å². The summed E-state index contributed by atoms with van der Waals surface area (Å²) in [7, 11) is 0. The molecule has 0 spiro atoms. The van der Waals surface area contributed by atoms with Crippen LogP contribution in [-0.2, 0) is 0 Å². The molecule has 2 rings (SSSR count). The quantitative estimate of drug-likeness (QED) is 0.886. The first-order valence-corrected chi connectivity index (χ1v) is 6.41. The Balaban J connectivity index is 2.36. The van der Waals surface area contributed by atoms with Gasteiger partial charge in [0.2, 0.25) is 0 Å². The maximum Gasteiger partial charge on any atom is 0.168 e. The zero-order chi connectivity index (χ0) is 13.8. The molecule has 2 N–H and O–H groups in total. The van der Waals surface area contributed by atoms with Gasteiger partial charge in [0.15, 0.2) is 11.6 Å². The molecule has 0 heterocycles. The van der Waals surface area contributed by atoms with E-state index in [1.54, 1.807) is 25.1 Å². The van der Waals surface area contributed by atoms with Gasteiger partial charge in [-0.1, -0.05) is 37.3 Å². The molecule has 0 bridgehead atoms. The van der Waals surface area contributed by atoms with E-state index in [1.165, 1.54) is 0 Å². The number of halogens is 1. The van der Waals surface area contributed by atoms with Crippen molar-refractivity contribution in [2.75, 3.05) is 0 Å². The van der Waals surface area contributed by atoms with Crippen molar-refractivity contribution in [1.82, 2.24) is 0 Å². The van der Waals surface area contributed by atoms with Gasteiger partial charge in [-0.2, -0.15) is 0 Å². The van der Waals surface area contributed by atoms with Crippen molar-refractivity contribution in [3.63, 3.8) is 0 Å². The molecule has 0 fully saturated rings. The van der Waals surface area contributed by atoms with Crippen LogP contribution in [0.3, 0.4) is 0 Å². The van der Waals surface area contributed by atoms with Gasteiger partial charge in [0, 0.05) is 11.6 Å². The molecule has 0 saturated heterocycles. The van der Waals surface area contributed by atoms with Crippen LogP contribution in [0, 0.1) is 12.7 Å². The summed E-state index contributed by atoms with van der Waals surface area (Å²) >= 11 is 0. The standard InChI is InChI=1S/C16H18FNO/c1-3-13(18)12-8-4-5-9-14(12)19-15-10-6-7-11(2)16(15)17/h4-10,13H,3,18H2,1-2H3/t13-/m1/s1. The van der Waals surface area contributed by atoms with Crippen molar-refractivity contribution in [2.45, 2.75) is 26.3 Å². The highest BCUT2D eigenvalue weighted by Crippen LogP contribution is 2.31. The Bertz CT molecular complexity index is 568. The monoisotopic (exact) mass is 259 g/mol. The molecule has 0 radical (unpaired) electrons. The molecule has 100 valence electrons. The molecule has 1 atom stereocenters. The highest BCUT2D eigenvalue weighted by atomic mass is 19.1. The highest BCUT2D eigenvalue weighted by Gasteiger charge is 2.13. The first kappa shape index (κ1) is 13.6. The average molecular weight is 259 g/mol. The summed E-state index contributed by atoms with van der Waals surface area (Å²) in [5, 5.41) is 0. The lowest BCUT2D eigenvalue weighted by molar-refractivity contribution is 0.431. The molecule has 19 heavy (non-hydrogen) atoms. The summed E-state index contributed by atoms with van der Waals surface area (Å²) in [6, 6.07) is 12.5. The summed E-state index contributed by atoms with van der Waals surface area (Å²) in [4.78, 5) is 0. The summed E-state index contributed by atoms with van der Waals surface area (Å²) < 4.78 is 19.6. The molecular weight excluding hydrogens is 241 g/mol. The SMILES string of the molecule is CC[C@@H](N)c1ccccc1Oc1cccc(C)c1F. The van der Waals surface area contributed by atoms with Gasteiger partial charge in [-0.3, -0.25) is 0 Å². The molecule has 2 aromatic carbocycles. The Hall–Kier alpha value is -1.87. The second-order valence-corrected chi connectivity index (χ2v) is 4.54. The number of aryl methyl sites for hydroxylation is 1. The van der Waals surface area contributed by atoms with Crippen LogP contribution in [0.2, 0.25) is 0 Å². The maximum atomic E-state index is 13.9. The Kier molecular flexibility index (Phi) is 4.17. The molecule has 0 aliphatic heterocycles. The van der Waals surface area contributed by atoms with Crippen LogP contribution in [0.15, 0.2) is 42.5 Å². The zero-order valence-corrected chi connectivity index (χ0v) is 11.2. The molecule has 0 aliphatic carbocycles. The fourth-order valence-electron chi connectivity index (χ4n) is 1.92. The number of hydrogen-bond donors (Lipinski definition) is 1. The molecule has 0 unspecified atom stereocenters. The van der Waals surface area contributed by atoms with Gasteiger partial charge in [0.25, 0.3) is 0 Å². The van der Waals surface area contributed by atoms with E-state index in [4.69, 9.17) is 10.5 Å². The lowest BCUT2D eigenvalue weighted by atomic mass is 10.0. The zero-order valence-electron chi connectivity index (χ0n) is 11.2. The number of benzene rings is 2. The minimum absolute atomic E-state index is 0.107. The van der Waals surface area contributed by atoms with Gasteiger partial charge in [-0.15, -0.1) is 0 Å². The minimum atomic E-state index is -0.331. The van der Waals surface area contributed by atoms with Gasteiger partial charge in [0.05, 0.1) is 0 Å². The third-order valence-corrected chi connectivity index (χ3v) is 3.13. The topological polar surface area (TPSA) is 35.2 Å². The Morgan fingerprint density at radius 1 is 1.11 bits per heavy atom. The van der Waals surface area contributed by atoms with E-state index < -0.39 is 0 Å². The number of hydrogen-bond acceptors (Lipinski definition) is 2. The molecule has 3 heteroatoms. The van der Waals surface area contributed by atoms with E-state index in [0.29, 0.717) is 11.3 Å². The number of rotatable bonds is 4. The Morgan fingerprint density at radius 3 is 2.53 bits per heavy atom. The predicted molar refractivity (Wildman–Crippen MR) is 74.9 cm³/mol. The molecule has 0 amide bonds. The lowest BCUT2D eigenvalue weighted by Crippen LogP contribution is -2.10. The second-order valence-electron chi connectivity index (χ2n) is 4.54. The van der Waals surface area contributed by atoms with Crippen molar-refractivity contribution in [1.29, 1.82) is 0 Å². The van der Waals surface area contributed by atoms with Gasteiger partial charge in [-0.25, -0.2) is 4.39 Å². The number of para-hydroxylation sites is 1. The van der Waals surface area contributed by atoms with Crippen molar-refractivity contribution in [2.24, 2.45) is 5.73 Å². The molecule has 2 aromatic rings. The van der Waals surface area contributed by atoms with Crippen molar-refractivity contribution < 1.29 is 9.13 Å². The first-order chi connectivity index (χ1) is 9.13. The summed E-state index contributed by atoms with van der Waals surface area (Å²) in [5.74, 6) is 0.513. The van der Waals surface area contributed by atoms with Gasteiger partial charge in [-0.05, 0) is 31.0 Å². The van der Waals surface area contributed by atoms with Crippen LogP contribution in [0.1, 0.15) is 30.5 Å². The molecule has 0 saturated carbocycles. The van der Waals surface area contributed by atoms with Crippen molar-refractivity contribution in [3.05, 3.63) is 59.4 Å². The molecule has 0 aromatic heterocycles. The van der Waals surface area contributed by atoms with Gasteiger partial charge in [0.1, 0.15) is 5.75 Å². The van der Waals surface area contributed by atoms with Crippen LogP contribution in [0.4, 0.5) is 4.39 Å². The van der Waals surface area contributed by atoms with Crippen LogP contribution in [0.5, 0.6) is 11.5 Å². The second kappa shape index (κ2) is 5.85. The van der Waals surface area contributed by atoms with Crippen LogP contribution >= 0.6 is 0 Å². The molecule has 2 nitrogen and oxygen atoms in total. The lowest BCUT2D eigenvalue weighted by Gasteiger charge is -2.16. The summed E-state index contributed by atoms with van der Waals surface area (Å²) in [6.45, 7) is 3.72. The van der Waals surface area contributed by atoms with E-state index in [2.05, 4.69) is 0 Å². The maximum absolute atomic E-state index is 13.9. The van der Waals surface area contributed by atoms with Crippen molar-refractivity contribution in [3.8, 4) is 11.5 Å². The smallest absolute Gasteiger partial charge is 0.168 e. The highest BCUT2D eigenvalue weighted by molar-refractivity contribution is 5.41. The molecule has 0 aliphatic rings. The fourth-order valence-corrected chi connectivity index (χ4v) is 1.92. The van der Waals surface area contributed by atoms with E-state index in [0.717, 1.165) is 12.0 Å². The summed E-state index contributed by atoms with van der Waals surface area (Å²) in [5.41, 5.74) is 7.50. The summed E-state index contributed by atoms with van der Waals surface area (Å²) in [6.07, 6.45) is 0.802. The van der Waals surface area contributed by atoms with Crippen molar-refractivity contribution >= 4 is 0 Å². The van der Waals surface area contributed by atoms with E-state index >= 15 is 0 Å². The first-order valence-electron chi connectivity index (χ1n) is 6.41. The minimum Gasteiger partial charge on any atom is -0.454 e. The van der Waals surface area contributed by atoms with E-state index in [1.807, 2.05) is 31.2 Å². The Morgan fingerprint density at radius 2 is 1.79 bits per heavy atom. The largest absolute Gasteiger partial charge is 0.454 e. The third kappa shape index (κ3) is 2.93. The average Bonchev–Trinajstić information content (AvgIpc) is 2.43. The third-order valence-electron chi connectivity index (χ3n) is 3.13. The normalized spacial score (nSPS) is 12.2. The van der Waals surface area contributed by atoms with Gasteiger partial charge >= 0.3 is 0 Å². The number of nitrogens with two attached hydrogens (primary N) is 1. The fraction of sp³-hybridized carbons (Fsp3) is 0.250. The van der Waals surface area contributed by atoms with Crippen LogP contribution in [-0.4, -0.2) is 0 Å². The number of ether oxygens (including phenoxy) is 1. The predicted octanol–water partition coefficient (Wildman–Crippen LogP) is 4.34.